The second kappa shape index (κ2) is 3.56. The van der Waals surface area contributed by atoms with Crippen molar-refractivity contribution in [1.82, 2.24) is 4.90 Å². The van der Waals surface area contributed by atoms with E-state index in [1.54, 1.807) is 0 Å². The summed E-state index contributed by atoms with van der Waals surface area (Å²) < 4.78 is 0. The Morgan fingerprint density at radius 3 is 2.36 bits per heavy atom. The number of fused-ring (bicyclic) bond motifs is 1. The van der Waals surface area contributed by atoms with E-state index in [1.165, 1.54) is 16.7 Å². The van der Waals surface area contributed by atoms with Gasteiger partial charge in [0.2, 0.25) is 0 Å². The summed E-state index contributed by atoms with van der Waals surface area (Å²) in [6.45, 7) is 6.47. The Hall–Kier alpha value is -0.530. The van der Waals surface area contributed by atoms with Crippen molar-refractivity contribution < 1.29 is 0 Å². The Kier molecular flexibility index (Phi) is 2.54. The molecule has 0 spiro atoms. The third kappa shape index (κ3) is 1.67. The van der Waals surface area contributed by atoms with Gasteiger partial charge in [0.25, 0.3) is 0 Å². The van der Waals surface area contributed by atoms with Crippen LogP contribution in [0.1, 0.15) is 36.5 Å². The van der Waals surface area contributed by atoms with Gasteiger partial charge in [-0.05, 0) is 35.7 Å². The highest BCUT2D eigenvalue weighted by Crippen LogP contribution is 2.31. The van der Waals surface area contributed by atoms with Crippen molar-refractivity contribution in [2.45, 2.75) is 32.9 Å². The van der Waals surface area contributed by atoms with Crippen molar-refractivity contribution in [3.63, 3.8) is 0 Å². The molecule has 14 heavy (non-hydrogen) atoms. The minimum atomic E-state index is 0.513. The van der Waals surface area contributed by atoms with Gasteiger partial charge in [0.05, 0.1) is 0 Å². The van der Waals surface area contributed by atoms with Crippen LogP contribution in [0.25, 0.3) is 0 Å². The third-order valence-electron chi connectivity index (χ3n) is 2.82. The van der Waals surface area contributed by atoms with Crippen molar-refractivity contribution in [3.05, 3.63) is 33.8 Å². The molecule has 1 aliphatic rings. The standard InChI is InChI=1S/C12H16ClN/c1-8(2)11-4-9-6-14(3)7-10(9)5-12(11)13/h4-5,8H,6-7H2,1-3H3. The molecular formula is C12H16ClN. The average Bonchev–Trinajstić information content (AvgIpc) is 2.42. The molecule has 0 radical (unpaired) electrons. The molecule has 0 atom stereocenters. The van der Waals surface area contributed by atoms with Gasteiger partial charge in [-0.3, -0.25) is 4.90 Å². The molecule has 1 aromatic rings. The number of halogens is 1. The van der Waals surface area contributed by atoms with Crippen LogP contribution in [0.2, 0.25) is 5.02 Å². The number of benzene rings is 1. The Morgan fingerprint density at radius 1 is 1.21 bits per heavy atom. The zero-order valence-electron chi connectivity index (χ0n) is 8.97. The van der Waals surface area contributed by atoms with Gasteiger partial charge >= 0.3 is 0 Å². The Bertz CT molecular complexity index is 358. The normalized spacial score (nSPS) is 16.4. The molecule has 0 fully saturated rings. The zero-order chi connectivity index (χ0) is 10.3. The highest BCUT2D eigenvalue weighted by molar-refractivity contribution is 6.31. The van der Waals surface area contributed by atoms with Crippen molar-refractivity contribution in [2.24, 2.45) is 0 Å². The molecule has 0 saturated heterocycles. The van der Waals surface area contributed by atoms with Crippen LogP contribution in [0, 0.1) is 0 Å². The van der Waals surface area contributed by atoms with Gasteiger partial charge in [-0.1, -0.05) is 31.5 Å². The van der Waals surface area contributed by atoms with Gasteiger partial charge in [0.1, 0.15) is 0 Å². The van der Waals surface area contributed by atoms with Crippen molar-refractivity contribution in [1.29, 1.82) is 0 Å². The van der Waals surface area contributed by atoms with Gasteiger partial charge in [-0.2, -0.15) is 0 Å². The van der Waals surface area contributed by atoms with Crippen LogP contribution in [0.15, 0.2) is 12.1 Å². The van der Waals surface area contributed by atoms with E-state index in [-0.39, 0.29) is 0 Å². The molecule has 1 aromatic carbocycles. The highest BCUT2D eigenvalue weighted by Gasteiger charge is 2.18. The SMILES string of the molecule is CC(C)c1cc2c(cc1Cl)CN(C)C2. The summed E-state index contributed by atoms with van der Waals surface area (Å²) in [5.74, 6) is 0.513. The molecule has 1 heterocycles. The van der Waals surface area contributed by atoms with E-state index in [4.69, 9.17) is 11.6 Å². The third-order valence-corrected chi connectivity index (χ3v) is 3.15. The van der Waals surface area contributed by atoms with Crippen LogP contribution in [0.5, 0.6) is 0 Å². The topological polar surface area (TPSA) is 3.24 Å². The van der Waals surface area contributed by atoms with E-state index in [0.29, 0.717) is 5.92 Å². The summed E-state index contributed by atoms with van der Waals surface area (Å²) in [5, 5.41) is 0.925. The molecule has 2 rings (SSSR count). The molecule has 0 bridgehead atoms. The molecule has 0 amide bonds. The van der Waals surface area contributed by atoms with Crippen LogP contribution in [0.4, 0.5) is 0 Å². The molecule has 1 nitrogen and oxygen atoms in total. The van der Waals surface area contributed by atoms with Gasteiger partial charge in [-0.15, -0.1) is 0 Å². The Labute approximate surface area is 90.7 Å². The number of nitrogens with zero attached hydrogens (tertiary/aromatic N) is 1. The predicted octanol–water partition coefficient (Wildman–Crippen LogP) is 3.41. The first kappa shape index (κ1) is 10.0. The largest absolute Gasteiger partial charge is 0.298 e. The van der Waals surface area contributed by atoms with Gasteiger partial charge < -0.3 is 0 Å². The summed E-state index contributed by atoms with van der Waals surface area (Å²) in [6.07, 6.45) is 0. The molecule has 76 valence electrons. The van der Waals surface area contributed by atoms with Crippen molar-refractivity contribution in [3.8, 4) is 0 Å². The fourth-order valence-corrected chi connectivity index (χ4v) is 2.46. The first-order valence-electron chi connectivity index (χ1n) is 5.07. The smallest absolute Gasteiger partial charge is 0.0444 e. The lowest BCUT2D eigenvalue weighted by Crippen LogP contribution is -2.07. The first-order chi connectivity index (χ1) is 6.58. The van der Waals surface area contributed by atoms with E-state index in [9.17, 15) is 0 Å². The van der Waals surface area contributed by atoms with Crippen LogP contribution in [-0.4, -0.2) is 11.9 Å². The number of rotatable bonds is 1. The lowest BCUT2D eigenvalue weighted by molar-refractivity contribution is 0.353. The second-order valence-corrected chi connectivity index (χ2v) is 4.88. The molecule has 0 N–H and O–H groups in total. The molecule has 0 unspecified atom stereocenters. The summed E-state index contributed by atoms with van der Waals surface area (Å²) in [6, 6.07) is 4.40. The minimum Gasteiger partial charge on any atom is -0.298 e. The van der Waals surface area contributed by atoms with Crippen LogP contribution in [-0.2, 0) is 13.1 Å². The van der Waals surface area contributed by atoms with E-state index in [2.05, 4.69) is 37.9 Å². The molecule has 0 aliphatic carbocycles. The fourth-order valence-electron chi connectivity index (χ4n) is 2.05. The Balaban J connectivity index is 2.45. The van der Waals surface area contributed by atoms with E-state index in [1.807, 2.05) is 0 Å². The lowest BCUT2D eigenvalue weighted by Gasteiger charge is -2.10. The van der Waals surface area contributed by atoms with Gasteiger partial charge in [0.15, 0.2) is 0 Å². The quantitative estimate of drug-likeness (QED) is 0.685. The predicted molar refractivity (Wildman–Crippen MR) is 60.7 cm³/mol. The average molecular weight is 210 g/mol. The summed E-state index contributed by atoms with van der Waals surface area (Å²) in [5.41, 5.74) is 4.11. The van der Waals surface area contributed by atoms with Crippen molar-refractivity contribution >= 4 is 11.6 Å². The van der Waals surface area contributed by atoms with E-state index < -0.39 is 0 Å². The van der Waals surface area contributed by atoms with Gasteiger partial charge in [0, 0.05) is 18.1 Å². The fraction of sp³-hybridized carbons (Fsp3) is 0.500. The monoisotopic (exact) mass is 209 g/mol. The molecule has 1 aliphatic heterocycles. The van der Waals surface area contributed by atoms with E-state index in [0.717, 1.165) is 18.1 Å². The number of hydrogen-bond acceptors (Lipinski definition) is 1. The van der Waals surface area contributed by atoms with Crippen LogP contribution >= 0.6 is 11.6 Å². The summed E-state index contributed by atoms with van der Waals surface area (Å²) in [7, 11) is 2.14. The summed E-state index contributed by atoms with van der Waals surface area (Å²) in [4.78, 5) is 2.31. The highest BCUT2D eigenvalue weighted by atomic mass is 35.5. The molecular weight excluding hydrogens is 194 g/mol. The first-order valence-corrected chi connectivity index (χ1v) is 5.45. The zero-order valence-corrected chi connectivity index (χ0v) is 9.73. The molecule has 2 heteroatoms. The van der Waals surface area contributed by atoms with Crippen LogP contribution < -0.4 is 0 Å². The maximum Gasteiger partial charge on any atom is 0.0444 e. The maximum atomic E-state index is 6.23. The van der Waals surface area contributed by atoms with Crippen molar-refractivity contribution in [2.75, 3.05) is 7.05 Å². The minimum absolute atomic E-state index is 0.513. The van der Waals surface area contributed by atoms with E-state index >= 15 is 0 Å². The maximum absolute atomic E-state index is 6.23. The second-order valence-electron chi connectivity index (χ2n) is 4.47. The van der Waals surface area contributed by atoms with Crippen LogP contribution in [0.3, 0.4) is 0 Å². The molecule has 0 aromatic heterocycles. The summed E-state index contributed by atoms with van der Waals surface area (Å²) >= 11 is 6.23. The molecule has 0 saturated carbocycles. The Morgan fingerprint density at radius 2 is 1.79 bits per heavy atom. The van der Waals surface area contributed by atoms with Gasteiger partial charge in [-0.25, -0.2) is 0 Å². The lowest BCUT2D eigenvalue weighted by atomic mass is 9.98. The number of hydrogen-bond donors (Lipinski definition) is 0.